The maximum atomic E-state index is 13.6. The Morgan fingerprint density at radius 2 is 1.62 bits per heavy atom. The van der Waals surface area contributed by atoms with E-state index >= 15 is 0 Å². The van der Waals surface area contributed by atoms with Crippen molar-refractivity contribution >= 4 is 11.6 Å². The number of alkyl halides is 3. The lowest BCUT2D eigenvalue weighted by atomic mass is 9.68. The highest BCUT2D eigenvalue weighted by atomic mass is 35.5. The number of aromatic nitrogens is 6. The van der Waals surface area contributed by atoms with Crippen LogP contribution in [0.25, 0.3) is 17.1 Å². The summed E-state index contributed by atoms with van der Waals surface area (Å²) in [5.74, 6) is -1.51. The van der Waals surface area contributed by atoms with E-state index in [0.29, 0.717) is 41.2 Å². The van der Waals surface area contributed by atoms with Gasteiger partial charge in [-0.25, -0.2) is 19.9 Å². The molecule has 0 bridgehead atoms. The molecule has 8 nitrogen and oxygen atoms in total. The Labute approximate surface area is 233 Å². The summed E-state index contributed by atoms with van der Waals surface area (Å²) < 4.78 is 41.0. The lowest BCUT2D eigenvalue weighted by Crippen LogP contribution is -2.29. The molecule has 0 aliphatic heterocycles. The van der Waals surface area contributed by atoms with Crippen molar-refractivity contribution in [3.63, 3.8) is 0 Å². The summed E-state index contributed by atoms with van der Waals surface area (Å²) in [6, 6.07) is 6.67. The van der Waals surface area contributed by atoms with Crippen LogP contribution in [0.4, 0.5) is 13.2 Å². The molecule has 1 fully saturated rings. The lowest BCUT2D eigenvalue weighted by molar-refractivity contribution is -0.145. The molecule has 0 aromatic carbocycles. The first-order chi connectivity index (χ1) is 18.8. The Morgan fingerprint density at radius 3 is 2.27 bits per heavy atom. The van der Waals surface area contributed by atoms with E-state index in [0.717, 1.165) is 11.8 Å². The fraction of sp³-hybridized carbons (Fsp3) is 0.357. The summed E-state index contributed by atoms with van der Waals surface area (Å²) in [5.41, 5.74) is 2.00. The molecule has 2 atom stereocenters. The van der Waals surface area contributed by atoms with Crippen LogP contribution in [0, 0.1) is 13.8 Å². The summed E-state index contributed by atoms with van der Waals surface area (Å²) in [5, 5.41) is 10.3. The van der Waals surface area contributed by atoms with E-state index in [2.05, 4.69) is 24.9 Å². The van der Waals surface area contributed by atoms with Crippen molar-refractivity contribution in [2.24, 2.45) is 0 Å². The monoisotopic (exact) mass is 570 g/mol. The molecule has 0 saturated heterocycles. The Kier molecular flexibility index (Phi) is 6.99. The van der Waals surface area contributed by atoms with Gasteiger partial charge in [-0.15, -0.1) is 0 Å². The molecule has 1 saturated carbocycles. The Balaban J connectivity index is 1.54. The molecule has 1 aliphatic rings. The summed E-state index contributed by atoms with van der Waals surface area (Å²) in [6.07, 6.45) is 0.901. The molecule has 0 spiro atoms. The molecule has 208 valence electrons. The normalized spacial score (nSPS) is 17.5. The van der Waals surface area contributed by atoms with Crippen LogP contribution in [0.5, 0.6) is 0 Å². The number of pyridine rings is 2. The van der Waals surface area contributed by atoms with Crippen LogP contribution in [0.2, 0.25) is 5.02 Å². The zero-order chi connectivity index (χ0) is 29.0. The average Bonchev–Trinajstić information content (AvgIpc) is 2.87. The van der Waals surface area contributed by atoms with Crippen LogP contribution in [-0.4, -0.2) is 34.6 Å². The van der Waals surface area contributed by atoms with Crippen molar-refractivity contribution in [3.8, 4) is 17.1 Å². The van der Waals surface area contributed by atoms with E-state index in [1.165, 1.54) is 16.8 Å². The molecule has 1 N–H and O–H groups in total. The van der Waals surface area contributed by atoms with E-state index in [9.17, 15) is 23.1 Å². The molecule has 40 heavy (non-hydrogen) atoms. The molecule has 1 aliphatic carbocycles. The van der Waals surface area contributed by atoms with Crippen LogP contribution in [0.15, 0.2) is 47.7 Å². The van der Waals surface area contributed by atoms with Gasteiger partial charge in [0.25, 0.3) is 5.56 Å². The number of nitrogens with zero attached hydrogens (tertiary/aromatic N) is 6. The number of halogens is 4. The molecular formula is C28H26ClF3N6O2. The maximum absolute atomic E-state index is 13.6. The van der Waals surface area contributed by atoms with Gasteiger partial charge in [-0.1, -0.05) is 11.6 Å². The van der Waals surface area contributed by atoms with Crippen LogP contribution in [0.1, 0.15) is 72.7 Å². The van der Waals surface area contributed by atoms with Gasteiger partial charge in [0.15, 0.2) is 5.82 Å². The van der Waals surface area contributed by atoms with Crippen molar-refractivity contribution in [1.82, 2.24) is 29.5 Å². The van der Waals surface area contributed by atoms with Crippen molar-refractivity contribution in [3.05, 3.63) is 92.4 Å². The molecule has 4 heterocycles. The van der Waals surface area contributed by atoms with E-state index < -0.39 is 23.2 Å². The summed E-state index contributed by atoms with van der Waals surface area (Å²) in [6.45, 7) is 6.76. The van der Waals surface area contributed by atoms with Gasteiger partial charge < -0.3 is 5.11 Å². The SMILES string of the molecule is Cc1cnc(-c2ccnc(C(C)(C)O)n2)cc1-n1c(C)cc([C@@H]2CC[C@H]2c2ccnc(C(F)(F)F)n2)c(Cl)c1=O. The molecule has 4 aromatic heterocycles. The maximum Gasteiger partial charge on any atom is 0.451 e. The van der Waals surface area contributed by atoms with E-state index in [-0.39, 0.29) is 28.4 Å². The summed E-state index contributed by atoms with van der Waals surface area (Å²) in [7, 11) is 0. The van der Waals surface area contributed by atoms with Crippen molar-refractivity contribution in [1.29, 1.82) is 0 Å². The third-order valence-electron chi connectivity index (χ3n) is 7.13. The van der Waals surface area contributed by atoms with Crippen LogP contribution in [0.3, 0.4) is 0 Å². The zero-order valence-corrected chi connectivity index (χ0v) is 22.9. The van der Waals surface area contributed by atoms with Gasteiger partial charge in [0.1, 0.15) is 10.6 Å². The minimum absolute atomic E-state index is 0.00881. The predicted octanol–water partition coefficient (Wildman–Crippen LogP) is 5.66. The fourth-order valence-corrected chi connectivity index (χ4v) is 5.22. The predicted molar refractivity (Wildman–Crippen MR) is 142 cm³/mol. The second-order valence-corrected chi connectivity index (χ2v) is 10.8. The summed E-state index contributed by atoms with van der Waals surface area (Å²) in [4.78, 5) is 33.8. The van der Waals surface area contributed by atoms with Gasteiger partial charge in [0.2, 0.25) is 5.82 Å². The Bertz CT molecular complexity index is 1670. The highest BCUT2D eigenvalue weighted by molar-refractivity contribution is 6.31. The molecule has 0 amide bonds. The van der Waals surface area contributed by atoms with Crippen LogP contribution < -0.4 is 5.56 Å². The van der Waals surface area contributed by atoms with Crippen molar-refractivity contribution < 1.29 is 18.3 Å². The van der Waals surface area contributed by atoms with Gasteiger partial charge in [-0.05, 0) is 81.8 Å². The standard InChI is InChI=1S/C28H26ClF3N6O2/c1-14-13-35-21(20-8-10-33-25(37-20)27(3,4)40)12-22(14)38-15(2)11-18(23(29)24(38)39)16-5-6-17(16)19-7-9-34-26(36-19)28(30,31)32/h7-13,16-17,40H,5-6H2,1-4H3/t16-,17-/m1/s1. The first-order valence-corrected chi connectivity index (χ1v) is 13.0. The first kappa shape index (κ1) is 27.9. The minimum atomic E-state index is -4.65. The van der Waals surface area contributed by atoms with Gasteiger partial charge in [-0.3, -0.25) is 14.3 Å². The molecule has 12 heteroatoms. The highest BCUT2D eigenvalue weighted by Gasteiger charge is 2.39. The topological polar surface area (TPSA) is 107 Å². The van der Waals surface area contributed by atoms with E-state index in [1.807, 2.05) is 13.0 Å². The van der Waals surface area contributed by atoms with Crippen LogP contribution >= 0.6 is 11.6 Å². The van der Waals surface area contributed by atoms with Crippen molar-refractivity contribution in [2.45, 2.75) is 64.1 Å². The van der Waals surface area contributed by atoms with E-state index in [1.54, 1.807) is 39.1 Å². The zero-order valence-electron chi connectivity index (χ0n) is 22.2. The van der Waals surface area contributed by atoms with Crippen molar-refractivity contribution in [2.75, 3.05) is 0 Å². The van der Waals surface area contributed by atoms with Gasteiger partial charge in [0, 0.05) is 35.9 Å². The Morgan fingerprint density at radius 1 is 0.950 bits per heavy atom. The average molecular weight is 571 g/mol. The second-order valence-electron chi connectivity index (χ2n) is 10.5. The number of aryl methyl sites for hydroxylation is 2. The second kappa shape index (κ2) is 10.0. The molecule has 5 rings (SSSR count). The molecule has 0 unspecified atom stereocenters. The summed E-state index contributed by atoms with van der Waals surface area (Å²) >= 11 is 6.65. The lowest BCUT2D eigenvalue weighted by Gasteiger charge is -2.37. The number of aliphatic hydroxyl groups is 1. The minimum Gasteiger partial charge on any atom is -0.382 e. The molecule has 4 aromatic rings. The first-order valence-electron chi connectivity index (χ1n) is 12.6. The third-order valence-corrected chi connectivity index (χ3v) is 7.51. The third kappa shape index (κ3) is 5.11. The fourth-order valence-electron chi connectivity index (χ4n) is 4.94. The van der Waals surface area contributed by atoms with Gasteiger partial charge >= 0.3 is 6.18 Å². The molecule has 0 radical (unpaired) electrons. The number of hydrogen-bond acceptors (Lipinski definition) is 7. The van der Waals surface area contributed by atoms with Gasteiger partial charge in [0.05, 0.1) is 17.1 Å². The largest absolute Gasteiger partial charge is 0.451 e. The number of rotatable bonds is 5. The molecular weight excluding hydrogens is 545 g/mol. The quantitative estimate of drug-likeness (QED) is 0.330. The smallest absolute Gasteiger partial charge is 0.382 e. The van der Waals surface area contributed by atoms with E-state index in [4.69, 9.17) is 11.6 Å². The number of hydrogen-bond donors (Lipinski definition) is 1. The van der Waals surface area contributed by atoms with Gasteiger partial charge in [-0.2, -0.15) is 13.2 Å². The van der Waals surface area contributed by atoms with Crippen LogP contribution in [-0.2, 0) is 11.8 Å². The Hall–Kier alpha value is -3.70. The highest BCUT2D eigenvalue weighted by Crippen LogP contribution is 2.50.